The Morgan fingerprint density at radius 2 is 2.26 bits per heavy atom. The number of nitrogens with zero attached hydrogens (tertiary/aromatic N) is 4. The van der Waals surface area contributed by atoms with Crippen LogP contribution in [0.4, 0.5) is 0 Å². The Morgan fingerprint density at radius 3 is 3.03 bits per heavy atom. The van der Waals surface area contributed by atoms with E-state index >= 15 is 0 Å². The number of ether oxygens (including phenoxy) is 2. The van der Waals surface area contributed by atoms with E-state index in [9.17, 15) is 9.90 Å². The summed E-state index contributed by atoms with van der Waals surface area (Å²) in [6, 6.07) is 7.16. The maximum atomic E-state index is 11.7. The second kappa shape index (κ2) is 8.55. The van der Waals surface area contributed by atoms with Crippen molar-refractivity contribution in [3.8, 4) is 17.6 Å². The van der Waals surface area contributed by atoms with Crippen LogP contribution in [0.15, 0.2) is 36.8 Å². The normalized spacial score (nSPS) is 13.4. The number of benzene rings is 1. The Hall–Kier alpha value is -3.74. The van der Waals surface area contributed by atoms with Crippen molar-refractivity contribution in [2.45, 2.75) is 26.2 Å². The van der Waals surface area contributed by atoms with Crippen LogP contribution in [-0.2, 0) is 17.9 Å². The number of carbonyl (C=O) groups is 1. The molecule has 1 aliphatic heterocycles. The largest absolute Gasteiger partial charge is 0.495 e. The first kappa shape index (κ1) is 20.5. The van der Waals surface area contributed by atoms with Crippen LogP contribution in [0.1, 0.15) is 44.3 Å². The number of hydrogen-bond donors (Lipinski definition) is 2. The van der Waals surface area contributed by atoms with Crippen LogP contribution < -0.4 is 10.1 Å². The predicted molar refractivity (Wildman–Crippen MR) is 110 cm³/mol. The fourth-order valence-electron chi connectivity index (χ4n) is 3.57. The Kier molecular flexibility index (Phi) is 5.66. The molecule has 158 valence electrons. The van der Waals surface area contributed by atoms with E-state index in [1.165, 1.54) is 13.3 Å². The maximum Gasteiger partial charge on any atom is 0.338 e. The van der Waals surface area contributed by atoms with E-state index in [0.29, 0.717) is 35.8 Å². The number of esters is 1. The summed E-state index contributed by atoms with van der Waals surface area (Å²) in [4.78, 5) is 15.9. The van der Waals surface area contributed by atoms with Crippen molar-refractivity contribution >= 4 is 5.97 Å². The van der Waals surface area contributed by atoms with E-state index in [1.54, 1.807) is 29.1 Å². The van der Waals surface area contributed by atoms with Crippen LogP contribution in [-0.4, -0.2) is 39.5 Å². The van der Waals surface area contributed by atoms with E-state index < -0.39 is 6.10 Å². The van der Waals surface area contributed by atoms with Gasteiger partial charge in [-0.1, -0.05) is 6.07 Å². The van der Waals surface area contributed by atoms with Crippen molar-refractivity contribution in [1.82, 2.24) is 20.1 Å². The van der Waals surface area contributed by atoms with Crippen molar-refractivity contribution in [2.75, 3.05) is 13.7 Å². The molecule has 2 aromatic heterocycles. The van der Waals surface area contributed by atoms with Gasteiger partial charge in [0.05, 0.1) is 31.2 Å². The summed E-state index contributed by atoms with van der Waals surface area (Å²) < 4.78 is 11.9. The number of aliphatic hydroxyl groups excluding tert-OH is 1. The number of hydrogen-bond acceptors (Lipinski definition) is 8. The Labute approximate surface area is 178 Å². The maximum absolute atomic E-state index is 11.7. The number of methoxy groups -OCH3 is 1. The van der Waals surface area contributed by atoms with Gasteiger partial charge in [-0.2, -0.15) is 10.4 Å². The van der Waals surface area contributed by atoms with Crippen molar-refractivity contribution < 1.29 is 19.4 Å². The highest BCUT2D eigenvalue weighted by Crippen LogP contribution is 2.29. The quantitative estimate of drug-likeness (QED) is 0.557. The molecular formula is C22H21N5O4. The first-order chi connectivity index (χ1) is 15.0. The third-order valence-electron chi connectivity index (χ3n) is 5.30. The van der Waals surface area contributed by atoms with Crippen LogP contribution in [0, 0.1) is 18.3 Å². The molecule has 1 atom stereocenters. The highest BCUT2D eigenvalue weighted by Gasteiger charge is 2.25. The average molecular weight is 419 g/mol. The fraction of sp³-hybridized carbons (Fsp3) is 0.273. The van der Waals surface area contributed by atoms with Gasteiger partial charge in [-0.15, -0.1) is 0 Å². The number of fused-ring (bicyclic) bond motifs is 1. The summed E-state index contributed by atoms with van der Waals surface area (Å²) in [7, 11) is 1.50. The van der Waals surface area contributed by atoms with Crippen LogP contribution in [0.3, 0.4) is 0 Å². The number of nitriles is 1. The molecule has 0 saturated carbocycles. The van der Waals surface area contributed by atoms with Crippen molar-refractivity contribution in [3.05, 3.63) is 70.2 Å². The van der Waals surface area contributed by atoms with Gasteiger partial charge in [-0.3, -0.25) is 0 Å². The lowest BCUT2D eigenvalue weighted by Gasteiger charge is -2.16. The fourth-order valence-corrected chi connectivity index (χ4v) is 3.57. The van der Waals surface area contributed by atoms with Gasteiger partial charge in [0, 0.05) is 36.5 Å². The Bertz CT molecular complexity index is 1180. The molecule has 0 amide bonds. The molecule has 0 saturated heterocycles. The topological polar surface area (TPSA) is 122 Å². The molecule has 31 heavy (non-hydrogen) atoms. The number of aromatic nitrogens is 3. The monoisotopic (exact) mass is 419 g/mol. The minimum Gasteiger partial charge on any atom is -0.495 e. The molecule has 3 aromatic rings. The van der Waals surface area contributed by atoms with Gasteiger partial charge >= 0.3 is 5.97 Å². The Balaban J connectivity index is 1.39. The van der Waals surface area contributed by atoms with Gasteiger partial charge in [-0.05, 0) is 24.1 Å². The number of aliphatic hydroxyl groups is 1. The van der Waals surface area contributed by atoms with Gasteiger partial charge in [0.2, 0.25) is 0 Å². The highest BCUT2D eigenvalue weighted by molar-refractivity contribution is 5.93. The van der Waals surface area contributed by atoms with Crippen LogP contribution in [0.25, 0.3) is 5.82 Å². The molecule has 1 aromatic carbocycles. The summed E-state index contributed by atoms with van der Waals surface area (Å²) in [6.45, 7) is 2.97. The molecule has 9 heteroatoms. The van der Waals surface area contributed by atoms with Crippen LogP contribution >= 0.6 is 0 Å². The van der Waals surface area contributed by atoms with E-state index in [2.05, 4.69) is 15.4 Å². The van der Waals surface area contributed by atoms with Crippen molar-refractivity contribution in [1.29, 1.82) is 5.26 Å². The smallest absolute Gasteiger partial charge is 0.338 e. The molecule has 1 unspecified atom stereocenters. The van der Waals surface area contributed by atoms with E-state index in [1.807, 2.05) is 19.2 Å². The molecule has 2 N–H and O–H groups in total. The number of cyclic esters (lactones) is 1. The van der Waals surface area contributed by atoms with Gasteiger partial charge in [-0.25, -0.2) is 14.5 Å². The molecule has 0 bridgehead atoms. The zero-order valence-corrected chi connectivity index (χ0v) is 17.1. The first-order valence-electron chi connectivity index (χ1n) is 9.68. The number of pyridine rings is 1. The lowest BCUT2D eigenvalue weighted by molar-refractivity contribution is 0.0535. The average Bonchev–Trinajstić information content (AvgIpc) is 3.41. The lowest BCUT2D eigenvalue weighted by Crippen LogP contribution is -2.21. The summed E-state index contributed by atoms with van der Waals surface area (Å²) >= 11 is 0. The van der Waals surface area contributed by atoms with E-state index in [4.69, 9.17) is 14.7 Å². The summed E-state index contributed by atoms with van der Waals surface area (Å²) in [6.07, 6.45) is 4.24. The van der Waals surface area contributed by atoms with Gasteiger partial charge in [0.1, 0.15) is 24.0 Å². The highest BCUT2D eigenvalue weighted by atomic mass is 16.5. The zero-order chi connectivity index (χ0) is 22.0. The molecule has 3 heterocycles. The minimum atomic E-state index is -0.722. The van der Waals surface area contributed by atoms with E-state index in [0.717, 1.165) is 22.3 Å². The minimum absolute atomic E-state index is 0.251. The second-order valence-electron chi connectivity index (χ2n) is 7.18. The third-order valence-corrected chi connectivity index (χ3v) is 5.30. The molecule has 1 aliphatic rings. The van der Waals surface area contributed by atoms with Crippen LogP contribution in [0.5, 0.6) is 5.75 Å². The lowest BCUT2D eigenvalue weighted by atomic mass is 9.95. The molecule has 0 spiro atoms. The third kappa shape index (κ3) is 3.99. The molecule has 9 nitrogen and oxygen atoms in total. The summed E-state index contributed by atoms with van der Waals surface area (Å²) in [5.41, 5.74) is 4.32. The molecule has 4 rings (SSSR count). The van der Waals surface area contributed by atoms with Gasteiger partial charge in [0.25, 0.3) is 0 Å². The van der Waals surface area contributed by atoms with E-state index in [-0.39, 0.29) is 12.6 Å². The van der Waals surface area contributed by atoms with Gasteiger partial charge in [0.15, 0.2) is 5.82 Å². The molecule has 0 fully saturated rings. The number of nitrogens with one attached hydrogen (secondary N) is 1. The Morgan fingerprint density at radius 1 is 1.42 bits per heavy atom. The number of rotatable bonds is 7. The zero-order valence-electron chi connectivity index (χ0n) is 17.1. The van der Waals surface area contributed by atoms with Crippen LogP contribution in [0.2, 0.25) is 0 Å². The second-order valence-corrected chi connectivity index (χ2v) is 7.18. The number of carbonyl (C=O) groups excluding carboxylic acids is 1. The molecule has 0 aliphatic carbocycles. The standard InChI is InChI=1S/C22H21N5O4/c1-13-16(3-4-17-18(13)12-31-22(17)29)19(28)10-24-7-14-8-26-27(11-14)21-5-20(30-2)15(6-23)9-25-21/h3-5,8-9,11,19,24,28H,7,10,12H2,1-2H3. The van der Waals surface area contributed by atoms with Gasteiger partial charge < -0.3 is 19.9 Å². The van der Waals surface area contributed by atoms with Crippen molar-refractivity contribution in [3.63, 3.8) is 0 Å². The SMILES string of the molecule is COc1cc(-n2cc(CNCC(O)c3ccc4c(c3C)COC4=O)cn2)ncc1C#N. The molecule has 0 radical (unpaired) electrons. The van der Waals surface area contributed by atoms with Crippen molar-refractivity contribution in [2.24, 2.45) is 0 Å². The summed E-state index contributed by atoms with van der Waals surface area (Å²) in [5, 5.41) is 27.2. The first-order valence-corrected chi connectivity index (χ1v) is 9.68. The predicted octanol–water partition coefficient (Wildman–Crippen LogP) is 1.95. The summed E-state index contributed by atoms with van der Waals surface area (Å²) in [5.74, 6) is 0.652. The molecular weight excluding hydrogens is 398 g/mol.